The van der Waals surface area contributed by atoms with Crippen molar-refractivity contribution < 1.29 is 19.6 Å². The predicted molar refractivity (Wildman–Crippen MR) is 72.8 cm³/mol. The summed E-state index contributed by atoms with van der Waals surface area (Å²) in [7, 11) is 0. The third-order valence-electron chi connectivity index (χ3n) is 3.11. The Morgan fingerprint density at radius 3 is 2.57 bits per heavy atom. The number of aromatic hydroxyl groups is 1. The van der Waals surface area contributed by atoms with Crippen LogP contribution in [0.1, 0.15) is 23.2 Å². The number of hydrogen-bond acceptors (Lipinski definition) is 5. The molecule has 0 bridgehead atoms. The van der Waals surface area contributed by atoms with E-state index in [1.807, 2.05) is 0 Å². The Labute approximate surface area is 120 Å². The average Bonchev–Trinajstić information content (AvgIpc) is 3.27. The van der Waals surface area contributed by atoms with E-state index < -0.39 is 22.3 Å². The van der Waals surface area contributed by atoms with E-state index in [0.29, 0.717) is 0 Å². The Morgan fingerprint density at radius 2 is 1.95 bits per heavy atom. The minimum Gasteiger partial charge on any atom is -0.502 e. The lowest BCUT2D eigenvalue weighted by atomic mass is 10.1. The number of amides is 2. The van der Waals surface area contributed by atoms with Crippen molar-refractivity contribution in [3.05, 3.63) is 33.9 Å². The van der Waals surface area contributed by atoms with E-state index >= 15 is 0 Å². The molecular weight excluding hydrogens is 278 g/mol. The van der Waals surface area contributed by atoms with E-state index in [2.05, 4.69) is 10.6 Å². The van der Waals surface area contributed by atoms with E-state index in [1.165, 1.54) is 12.1 Å². The van der Waals surface area contributed by atoms with Crippen LogP contribution < -0.4 is 10.6 Å². The Balaban J connectivity index is 1.86. The van der Waals surface area contributed by atoms with Gasteiger partial charge >= 0.3 is 5.69 Å². The summed E-state index contributed by atoms with van der Waals surface area (Å²) in [5, 5.41) is 25.5. The highest BCUT2D eigenvalue weighted by Gasteiger charge is 2.29. The van der Waals surface area contributed by atoms with Gasteiger partial charge in [-0.15, -0.1) is 0 Å². The molecule has 1 aromatic carbocycles. The van der Waals surface area contributed by atoms with Gasteiger partial charge in [0.05, 0.1) is 10.5 Å². The van der Waals surface area contributed by atoms with Crippen molar-refractivity contribution in [2.75, 3.05) is 13.1 Å². The average molecular weight is 293 g/mol. The number of phenols is 1. The Hall–Kier alpha value is -2.64. The second kappa shape index (κ2) is 6.21. The molecule has 1 fully saturated rings. The van der Waals surface area contributed by atoms with Crippen LogP contribution in [-0.2, 0) is 4.79 Å². The Morgan fingerprint density at radius 1 is 1.29 bits per heavy atom. The van der Waals surface area contributed by atoms with Gasteiger partial charge in [-0.2, -0.15) is 0 Å². The van der Waals surface area contributed by atoms with Gasteiger partial charge in [0.1, 0.15) is 0 Å². The van der Waals surface area contributed by atoms with Crippen LogP contribution in [0.15, 0.2) is 18.2 Å². The van der Waals surface area contributed by atoms with E-state index in [-0.39, 0.29) is 30.5 Å². The number of nitrogens with zero attached hydrogens (tertiary/aromatic N) is 1. The van der Waals surface area contributed by atoms with Crippen molar-refractivity contribution in [2.24, 2.45) is 5.92 Å². The first kappa shape index (κ1) is 14.8. The lowest BCUT2D eigenvalue weighted by molar-refractivity contribution is -0.385. The standard InChI is InChI=1S/C13H15N3O5/c17-11-9(2-1-3-10(11)16(20)21)13(19)15-7-6-14-12(18)8-4-5-8/h1-3,8,17H,4-7H2,(H,14,18)(H,15,19). The molecular formula is C13H15N3O5. The van der Waals surface area contributed by atoms with Crippen LogP contribution in [0, 0.1) is 16.0 Å². The number of para-hydroxylation sites is 1. The maximum Gasteiger partial charge on any atom is 0.311 e. The second-order valence-corrected chi connectivity index (χ2v) is 4.75. The molecule has 0 unspecified atom stereocenters. The second-order valence-electron chi connectivity index (χ2n) is 4.75. The molecule has 3 N–H and O–H groups in total. The molecule has 0 spiro atoms. The molecule has 0 saturated heterocycles. The van der Waals surface area contributed by atoms with E-state index in [9.17, 15) is 24.8 Å². The summed E-state index contributed by atoms with van der Waals surface area (Å²) in [4.78, 5) is 33.1. The number of nitrogens with one attached hydrogen (secondary N) is 2. The first-order valence-electron chi connectivity index (χ1n) is 6.53. The van der Waals surface area contributed by atoms with Gasteiger partial charge in [0, 0.05) is 25.1 Å². The summed E-state index contributed by atoms with van der Waals surface area (Å²) >= 11 is 0. The highest BCUT2D eigenvalue weighted by molar-refractivity contribution is 5.98. The van der Waals surface area contributed by atoms with Gasteiger partial charge in [-0.25, -0.2) is 0 Å². The van der Waals surface area contributed by atoms with Gasteiger partial charge in [-0.3, -0.25) is 19.7 Å². The van der Waals surface area contributed by atoms with Gasteiger partial charge in [-0.05, 0) is 18.9 Å². The lowest BCUT2D eigenvalue weighted by Gasteiger charge is -2.08. The van der Waals surface area contributed by atoms with Crippen LogP contribution in [0.5, 0.6) is 5.75 Å². The maximum atomic E-state index is 11.8. The van der Waals surface area contributed by atoms with Crippen LogP contribution in [-0.4, -0.2) is 34.9 Å². The minimum absolute atomic E-state index is 0.0255. The van der Waals surface area contributed by atoms with E-state index in [1.54, 1.807) is 0 Å². The molecule has 0 aromatic heterocycles. The number of phenolic OH excluding ortho intramolecular Hbond substituents is 1. The van der Waals surface area contributed by atoms with Gasteiger partial charge in [0.2, 0.25) is 11.7 Å². The molecule has 8 heteroatoms. The van der Waals surface area contributed by atoms with Gasteiger partial charge in [0.25, 0.3) is 5.91 Å². The fraction of sp³-hybridized carbons (Fsp3) is 0.385. The molecule has 1 aliphatic rings. The van der Waals surface area contributed by atoms with Gasteiger partial charge in [-0.1, -0.05) is 6.07 Å². The Kier molecular flexibility index (Phi) is 4.36. The largest absolute Gasteiger partial charge is 0.502 e. The summed E-state index contributed by atoms with van der Waals surface area (Å²) in [6.07, 6.45) is 1.81. The topological polar surface area (TPSA) is 122 Å². The number of nitro groups is 1. The minimum atomic E-state index is -0.762. The van der Waals surface area contributed by atoms with Crippen molar-refractivity contribution in [2.45, 2.75) is 12.8 Å². The van der Waals surface area contributed by atoms with Crippen molar-refractivity contribution in [3.63, 3.8) is 0 Å². The first-order chi connectivity index (χ1) is 10.0. The molecule has 0 heterocycles. The first-order valence-corrected chi connectivity index (χ1v) is 6.53. The van der Waals surface area contributed by atoms with Crippen molar-refractivity contribution in [3.8, 4) is 5.75 Å². The van der Waals surface area contributed by atoms with Crippen LogP contribution in [0.25, 0.3) is 0 Å². The molecule has 0 atom stereocenters. The maximum absolute atomic E-state index is 11.8. The summed E-state index contributed by atoms with van der Waals surface area (Å²) in [6.45, 7) is 0.455. The van der Waals surface area contributed by atoms with Crippen molar-refractivity contribution in [1.82, 2.24) is 10.6 Å². The van der Waals surface area contributed by atoms with Crippen LogP contribution in [0.3, 0.4) is 0 Å². The summed E-state index contributed by atoms with van der Waals surface area (Å²) in [5.41, 5.74) is -0.692. The molecule has 21 heavy (non-hydrogen) atoms. The molecule has 2 rings (SSSR count). The quantitative estimate of drug-likeness (QED) is 0.402. The predicted octanol–water partition coefficient (Wildman–Crippen LogP) is 0.556. The molecule has 8 nitrogen and oxygen atoms in total. The number of benzene rings is 1. The zero-order valence-corrected chi connectivity index (χ0v) is 11.2. The number of carbonyl (C=O) groups is 2. The van der Waals surface area contributed by atoms with Crippen LogP contribution >= 0.6 is 0 Å². The zero-order chi connectivity index (χ0) is 15.4. The third kappa shape index (κ3) is 3.68. The fourth-order valence-corrected chi connectivity index (χ4v) is 1.81. The zero-order valence-electron chi connectivity index (χ0n) is 11.2. The highest BCUT2D eigenvalue weighted by Crippen LogP contribution is 2.29. The lowest BCUT2D eigenvalue weighted by Crippen LogP contribution is -2.35. The normalized spacial score (nSPS) is 13.5. The summed E-state index contributed by atoms with van der Waals surface area (Å²) in [5.74, 6) is -1.22. The molecule has 1 saturated carbocycles. The summed E-state index contributed by atoms with van der Waals surface area (Å²) in [6, 6.07) is 3.73. The molecule has 0 radical (unpaired) electrons. The van der Waals surface area contributed by atoms with Gasteiger partial charge < -0.3 is 15.7 Å². The van der Waals surface area contributed by atoms with Crippen LogP contribution in [0.4, 0.5) is 5.69 Å². The fourth-order valence-electron chi connectivity index (χ4n) is 1.81. The van der Waals surface area contributed by atoms with E-state index in [0.717, 1.165) is 18.9 Å². The molecule has 0 aliphatic heterocycles. The highest BCUT2D eigenvalue weighted by atomic mass is 16.6. The monoisotopic (exact) mass is 293 g/mol. The Bertz CT molecular complexity index is 583. The smallest absolute Gasteiger partial charge is 0.311 e. The molecule has 1 aliphatic carbocycles. The third-order valence-corrected chi connectivity index (χ3v) is 3.11. The van der Waals surface area contributed by atoms with E-state index in [4.69, 9.17) is 0 Å². The molecule has 2 amide bonds. The van der Waals surface area contributed by atoms with Gasteiger partial charge in [0.15, 0.2) is 0 Å². The molecule has 1 aromatic rings. The summed E-state index contributed by atoms with van der Waals surface area (Å²) < 4.78 is 0. The van der Waals surface area contributed by atoms with Crippen LogP contribution in [0.2, 0.25) is 0 Å². The number of nitro benzene ring substituents is 1. The van der Waals surface area contributed by atoms with Crippen molar-refractivity contribution >= 4 is 17.5 Å². The number of rotatable bonds is 6. The number of hydrogen-bond donors (Lipinski definition) is 3. The molecule has 112 valence electrons. The van der Waals surface area contributed by atoms with Crippen molar-refractivity contribution in [1.29, 1.82) is 0 Å². The number of carbonyl (C=O) groups excluding carboxylic acids is 2. The SMILES string of the molecule is O=C(NCCNC(=O)C1CC1)c1cccc([N+](=O)[O-])c1O.